The first-order valence-electron chi connectivity index (χ1n) is 7.86. The van der Waals surface area contributed by atoms with Crippen molar-refractivity contribution >= 4 is 21.6 Å². The van der Waals surface area contributed by atoms with Crippen LogP contribution in [0.5, 0.6) is 5.75 Å². The highest BCUT2D eigenvalue weighted by molar-refractivity contribution is 7.89. The Labute approximate surface area is 157 Å². The van der Waals surface area contributed by atoms with Gasteiger partial charge in [0, 0.05) is 0 Å². The van der Waals surface area contributed by atoms with Crippen LogP contribution in [0.3, 0.4) is 0 Å². The van der Waals surface area contributed by atoms with Crippen LogP contribution in [0.1, 0.15) is 18.1 Å². The number of nitrogens with zero attached hydrogens (tertiary/aromatic N) is 2. The fraction of sp³-hybridized carbons (Fsp3) is 0.167. The summed E-state index contributed by atoms with van der Waals surface area (Å²) in [6.07, 6.45) is 0. The number of ether oxygens (including phenoxy) is 1. The second-order valence-corrected chi connectivity index (χ2v) is 7.25. The number of nitriles is 1. The number of hydrogen-bond donors (Lipinski definition) is 2. The third-order valence-electron chi connectivity index (χ3n) is 3.57. The van der Waals surface area contributed by atoms with Crippen molar-refractivity contribution in [1.82, 2.24) is 10.1 Å². The SMILES string of the molecule is CNS(=O)(=O)c1ccc(/C(C)=N/NC(=O)COc2ccccc2C#N)cc1. The Bertz CT molecular complexity index is 993. The molecule has 2 aromatic carbocycles. The fourth-order valence-electron chi connectivity index (χ4n) is 2.06. The summed E-state index contributed by atoms with van der Waals surface area (Å²) in [5.41, 5.74) is 3.84. The molecule has 9 heteroatoms. The van der Waals surface area contributed by atoms with E-state index in [2.05, 4.69) is 15.2 Å². The Kier molecular flexibility index (Phi) is 6.65. The van der Waals surface area contributed by atoms with Crippen LogP contribution in [0, 0.1) is 11.3 Å². The van der Waals surface area contributed by atoms with Gasteiger partial charge in [0.05, 0.1) is 16.2 Å². The Balaban J connectivity index is 1.96. The molecule has 0 fully saturated rings. The van der Waals surface area contributed by atoms with E-state index in [1.165, 1.54) is 19.2 Å². The molecular weight excluding hydrogens is 368 g/mol. The first kappa shape index (κ1) is 20.1. The monoisotopic (exact) mass is 386 g/mol. The third kappa shape index (κ3) is 5.37. The van der Waals surface area contributed by atoms with E-state index in [9.17, 15) is 13.2 Å². The normalized spacial score (nSPS) is 11.5. The molecule has 0 saturated carbocycles. The Morgan fingerprint density at radius 3 is 2.48 bits per heavy atom. The van der Waals surface area contributed by atoms with Crippen LogP contribution < -0.4 is 14.9 Å². The standard InChI is InChI=1S/C18H18N4O4S/c1-13(14-7-9-16(10-8-14)27(24,25)20-2)21-22-18(23)12-26-17-6-4-3-5-15(17)11-19/h3-10,20H,12H2,1-2H3,(H,22,23)/b21-13+. The van der Waals surface area contributed by atoms with E-state index in [-0.39, 0.29) is 11.5 Å². The van der Waals surface area contributed by atoms with Crippen molar-refractivity contribution in [3.63, 3.8) is 0 Å². The van der Waals surface area contributed by atoms with E-state index in [1.54, 1.807) is 43.3 Å². The summed E-state index contributed by atoms with van der Waals surface area (Å²) < 4.78 is 30.9. The van der Waals surface area contributed by atoms with Crippen molar-refractivity contribution in [3.05, 3.63) is 59.7 Å². The molecule has 8 nitrogen and oxygen atoms in total. The van der Waals surface area contributed by atoms with Crippen molar-refractivity contribution in [2.45, 2.75) is 11.8 Å². The van der Waals surface area contributed by atoms with Gasteiger partial charge in [-0.3, -0.25) is 4.79 Å². The lowest BCUT2D eigenvalue weighted by atomic mass is 10.1. The average molecular weight is 386 g/mol. The van der Waals surface area contributed by atoms with Crippen molar-refractivity contribution in [1.29, 1.82) is 5.26 Å². The van der Waals surface area contributed by atoms with Gasteiger partial charge in [0.15, 0.2) is 6.61 Å². The lowest BCUT2D eigenvalue weighted by molar-refractivity contribution is -0.123. The minimum Gasteiger partial charge on any atom is -0.482 e. The zero-order chi connectivity index (χ0) is 19.9. The molecule has 0 saturated heterocycles. The van der Waals surface area contributed by atoms with Gasteiger partial charge in [0.25, 0.3) is 5.91 Å². The molecule has 27 heavy (non-hydrogen) atoms. The minimum atomic E-state index is -3.50. The van der Waals surface area contributed by atoms with E-state index >= 15 is 0 Å². The number of rotatable bonds is 7. The van der Waals surface area contributed by atoms with Crippen LogP contribution >= 0.6 is 0 Å². The summed E-state index contributed by atoms with van der Waals surface area (Å²) in [5, 5.41) is 12.9. The molecule has 1 amide bonds. The molecule has 0 radical (unpaired) electrons. The van der Waals surface area contributed by atoms with Crippen LogP contribution in [0.25, 0.3) is 0 Å². The van der Waals surface area contributed by atoms with Gasteiger partial charge in [-0.05, 0) is 43.8 Å². The van der Waals surface area contributed by atoms with Crippen LogP contribution in [0.4, 0.5) is 0 Å². The van der Waals surface area contributed by atoms with Gasteiger partial charge >= 0.3 is 0 Å². The number of hydrogen-bond acceptors (Lipinski definition) is 6. The predicted octanol–water partition coefficient (Wildman–Crippen LogP) is 1.39. The number of amides is 1. The van der Waals surface area contributed by atoms with Crippen molar-refractivity contribution in [2.24, 2.45) is 5.10 Å². The van der Waals surface area contributed by atoms with Crippen LogP contribution in [-0.4, -0.2) is 33.7 Å². The fourth-order valence-corrected chi connectivity index (χ4v) is 2.79. The number of hydrazone groups is 1. The first-order chi connectivity index (χ1) is 12.9. The summed E-state index contributed by atoms with van der Waals surface area (Å²) in [6.45, 7) is 1.38. The molecule has 0 aliphatic heterocycles. The first-order valence-corrected chi connectivity index (χ1v) is 9.34. The smallest absolute Gasteiger partial charge is 0.277 e. The molecule has 2 N–H and O–H groups in total. The highest BCUT2D eigenvalue weighted by Crippen LogP contribution is 2.16. The molecule has 0 unspecified atom stereocenters. The number of carbonyl (C=O) groups is 1. The largest absolute Gasteiger partial charge is 0.482 e. The Hall–Kier alpha value is -3.22. The number of nitrogens with one attached hydrogen (secondary N) is 2. The average Bonchev–Trinajstić information content (AvgIpc) is 2.70. The quantitative estimate of drug-likeness (QED) is 0.550. The summed E-state index contributed by atoms with van der Waals surface area (Å²) in [6, 6.07) is 14.7. The van der Waals surface area contributed by atoms with Gasteiger partial charge in [-0.15, -0.1) is 0 Å². The zero-order valence-electron chi connectivity index (χ0n) is 14.8. The van der Waals surface area contributed by atoms with E-state index in [0.717, 1.165) is 0 Å². The lowest BCUT2D eigenvalue weighted by Gasteiger charge is -2.07. The molecule has 2 aromatic rings. The number of carbonyl (C=O) groups excluding carboxylic acids is 1. The van der Waals surface area contributed by atoms with E-state index < -0.39 is 15.9 Å². The zero-order valence-corrected chi connectivity index (χ0v) is 15.6. The molecule has 0 heterocycles. The highest BCUT2D eigenvalue weighted by Gasteiger charge is 2.11. The Morgan fingerprint density at radius 1 is 1.19 bits per heavy atom. The highest BCUT2D eigenvalue weighted by atomic mass is 32.2. The van der Waals surface area contributed by atoms with Crippen LogP contribution in [0.2, 0.25) is 0 Å². The van der Waals surface area contributed by atoms with Gasteiger partial charge in [0.1, 0.15) is 11.8 Å². The van der Waals surface area contributed by atoms with Gasteiger partial charge < -0.3 is 4.74 Å². The van der Waals surface area contributed by atoms with Crippen LogP contribution in [0.15, 0.2) is 58.5 Å². The molecule has 0 bridgehead atoms. The van der Waals surface area contributed by atoms with E-state index in [0.29, 0.717) is 22.6 Å². The van der Waals surface area contributed by atoms with Gasteiger partial charge in [-0.25, -0.2) is 18.6 Å². The van der Waals surface area contributed by atoms with Crippen molar-refractivity contribution in [2.75, 3.05) is 13.7 Å². The van der Waals surface area contributed by atoms with Gasteiger partial charge in [-0.1, -0.05) is 24.3 Å². The minimum absolute atomic E-state index is 0.134. The molecule has 0 atom stereocenters. The molecule has 0 aromatic heterocycles. The summed E-state index contributed by atoms with van der Waals surface area (Å²) >= 11 is 0. The number of benzene rings is 2. The van der Waals surface area contributed by atoms with Crippen molar-refractivity contribution in [3.8, 4) is 11.8 Å². The second kappa shape index (κ2) is 8.93. The second-order valence-electron chi connectivity index (χ2n) is 5.36. The molecular formula is C18H18N4O4S. The lowest BCUT2D eigenvalue weighted by Crippen LogP contribution is -2.25. The molecule has 0 aliphatic rings. The van der Waals surface area contributed by atoms with E-state index in [4.69, 9.17) is 10.00 Å². The maximum atomic E-state index is 11.9. The van der Waals surface area contributed by atoms with Crippen molar-refractivity contribution < 1.29 is 17.9 Å². The number of sulfonamides is 1. The summed E-state index contributed by atoms with van der Waals surface area (Å²) in [4.78, 5) is 12.0. The van der Waals surface area contributed by atoms with E-state index in [1.807, 2.05) is 6.07 Å². The van der Waals surface area contributed by atoms with Gasteiger partial charge in [-0.2, -0.15) is 10.4 Å². The molecule has 0 aliphatic carbocycles. The predicted molar refractivity (Wildman–Crippen MR) is 99.7 cm³/mol. The summed E-state index contributed by atoms with van der Waals surface area (Å²) in [5.74, 6) is -0.173. The molecule has 2 rings (SSSR count). The Morgan fingerprint density at radius 2 is 1.85 bits per heavy atom. The topological polar surface area (TPSA) is 121 Å². The maximum absolute atomic E-state index is 11.9. The molecule has 140 valence electrons. The third-order valence-corrected chi connectivity index (χ3v) is 5.00. The number of para-hydroxylation sites is 1. The molecule has 0 spiro atoms. The van der Waals surface area contributed by atoms with Crippen LogP contribution in [-0.2, 0) is 14.8 Å². The summed E-state index contributed by atoms with van der Waals surface area (Å²) in [7, 11) is -2.17. The van der Waals surface area contributed by atoms with Gasteiger partial charge in [0.2, 0.25) is 10.0 Å². The maximum Gasteiger partial charge on any atom is 0.277 e.